The molecule has 0 fully saturated rings. The van der Waals surface area contributed by atoms with Gasteiger partial charge in [0.05, 0.1) is 5.56 Å². The molecule has 0 spiro atoms. The molecule has 0 aliphatic carbocycles. The first-order valence-corrected chi connectivity index (χ1v) is 7.41. The van der Waals surface area contributed by atoms with Crippen LogP contribution in [0.4, 0.5) is 0 Å². The maximum atomic E-state index is 11.1. The second kappa shape index (κ2) is 6.04. The minimum Gasteiger partial charge on any atom is -0.478 e. The second-order valence-corrected chi connectivity index (χ2v) is 5.66. The van der Waals surface area contributed by atoms with Gasteiger partial charge in [0, 0.05) is 11.5 Å². The highest BCUT2D eigenvalue weighted by Crippen LogP contribution is 2.24. The van der Waals surface area contributed by atoms with Gasteiger partial charge in [-0.2, -0.15) is 5.10 Å². The molecule has 0 saturated carbocycles. The number of aromatic amines is 1. The van der Waals surface area contributed by atoms with E-state index in [1.54, 1.807) is 18.2 Å². The van der Waals surface area contributed by atoms with Crippen molar-refractivity contribution in [3.05, 3.63) is 59.9 Å². The molecule has 0 radical (unpaired) electrons. The molecule has 1 aromatic heterocycles. The number of hydrogen-bond acceptors (Lipinski definition) is 3. The summed E-state index contributed by atoms with van der Waals surface area (Å²) in [5.41, 5.74) is 3.03. The van der Waals surface area contributed by atoms with Gasteiger partial charge in [0.15, 0.2) is 5.82 Å². The third kappa shape index (κ3) is 3.13. The summed E-state index contributed by atoms with van der Waals surface area (Å²) in [6, 6.07) is 14.7. The predicted octanol–water partition coefficient (Wildman–Crippen LogP) is 3.96. The molecule has 5 nitrogen and oxygen atoms in total. The Kier molecular flexibility index (Phi) is 3.93. The van der Waals surface area contributed by atoms with Crippen molar-refractivity contribution in [2.24, 2.45) is 0 Å². The zero-order chi connectivity index (χ0) is 16.4. The zero-order valence-electron chi connectivity index (χ0n) is 12.9. The van der Waals surface area contributed by atoms with Crippen LogP contribution in [0.1, 0.15) is 35.9 Å². The summed E-state index contributed by atoms with van der Waals surface area (Å²) in [5, 5.41) is 16.3. The van der Waals surface area contributed by atoms with Crippen LogP contribution in [-0.2, 0) is 0 Å². The van der Waals surface area contributed by atoms with E-state index in [4.69, 9.17) is 5.11 Å². The Morgan fingerprint density at radius 3 is 2.35 bits per heavy atom. The second-order valence-electron chi connectivity index (χ2n) is 5.66. The first-order valence-electron chi connectivity index (χ1n) is 7.41. The Labute approximate surface area is 134 Å². The van der Waals surface area contributed by atoms with E-state index < -0.39 is 5.97 Å². The zero-order valence-corrected chi connectivity index (χ0v) is 12.9. The number of H-pyrrole nitrogens is 1. The molecule has 23 heavy (non-hydrogen) atoms. The maximum Gasteiger partial charge on any atom is 0.335 e. The number of nitrogens with zero attached hydrogens (tertiary/aromatic N) is 2. The fourth-order valence-corrected chi connectivity index (χ4v) is 2.31. The van der Waals surface area contributed by atoms with E-state index in [9.17, 15) is 4.79 Å². The van der Waals surface area contributed by atoms with E-state index in [0.717, 1.165) is 22.5 Å². The lowest BCUT2D eigenvalue weighted by Crippen LogP contribution is -1.95. The number of carboxylic acid groups (broad SMARTS) is 1. The van der Waals surface area contributed by atoms with Gasteiger partial charge in [-0.25, -0.2) is 9.78 Å². The van der Waals surface area contributed by atoms with Crippen molar-refractivity contribution in [1.29, 1.82) is 0 Å². The van der Waals surface area contributed by atoms with Gasteiger partial charge in [0.25, 0.3) is 0 Å². The predicted molar refractivity (Wildman–Crippen MR) is 88.3 cm³/mol. The monoisotopic (exact) mass is 307 g/mol. The minimum absolute atomic E-state index is 0.280. The van der Waals surface area contributed by atoms with Crippen LogP contribution in [0.15, 0.2) is 48.5 Å². The van der Waals surface area contributed by atoms with Gasteiger partial charge in [-0.05, 0) is 23.3 Å². The molecule has 0 aliphatic rings. The molecule has 0 bridgehead atoms. The van der Waals surface area contributed by atoms with E-state index in [0.29, 0.717) is 11.7 Å². The molecule has 0 saturated heterocycles. The standard InChI is InChI=1S/C18H17N3O2/c1-11(2)16-19-17(21-20-16)13-8-6-12(7-9-13)14-4-3-5-15(10-14)18(22)23/h3-11H,1-2H3,(H,22,23)(H,19,20,21). The lowest BCUT2D eigenvalue weighted by molar-refractivity contribution is 0.0697. The molecule has 0 aliphatic heterocycles. The van der Waals surface area contributed by atoms with Gasteiger partial charge in [-0.1, -0.05) is 50.2 Å². The van der Waals surface area contributed by atoms with Crippen LogP contribution in [0, 0.1) is 0 Å². The minimum atomic E-state index is -0.926. The molecule has 2 aromatic carbocycles. The number of hydrogen-bond donors (Lipinski definition) is 2. The van der Waals surface area contributed by atoms with Crippen molar-refractivity contribution in [2.45, 2.75) is 19.8 Å². The smallest absolute Gasteiger partial charge is 0.335 e. The molecule has 2 N–H and O–H groups in total. The van der Waals surface area contributed by atoms with Crippen molar-refractivity contribution in [3.63, 3.8) is 0 Å². The molecule has 3 rings (SSSR count). The topological polar surface area (TPSA) is 78.9 Å². The van der Waals surface area contributed by atoms with E-state index in [-0.39, 0.29) is 5.56 Å². The van der Waals surface area contributed by atoms with Gasteiger partial charge >= 0.3 is 5.97 Å². The Morgan fingerprint density at radius 1 is 1.04 bits per heavy atom. The van der Waals surface area contributed by atoms with Gasteiger partial charge in [-0.15, -0.1) is 0 Å². The number of benzene rings is 2. The lowest BCUT2D eigenvalue weighted by Gasteiger charge is -2.04. The van der Waals surface area contributed by atoms with Gasteiger partial charge in [0.1, 0.15) is 5.82 Å². The number of rotatable bonds is 4. The largest absolute Gasteiger partial charge is 0.478 e. The first kappa shape index (κ1) is 15.0. The summed E-state index contributed by atoms with van der Waals surface area (Å²) in [5.74, 6) is 0.900. The molecule has 3 aromatic rings. The van der Waals surface area contributed by atoms with Crippen LogP contribution in [0.25, 0.3) is 22.5 Å². The highest BCUT2D eigenvalue weighted by atomic mass is 16.4. The summed E-state index contributed by atoms with van der Waals surface area (Å²) in [6.45, 7) is 4.12. The fourth-order valence-electron chi connectivity index (χ4n) is 2.31. The summed E-state index contributed by atoms with van der Waals surface area (Å²) in [6.07, 6.45) is 0. The SMILES string of the molecule is CC(C)c1nc(-c2ccc(-c3cccc(C(=O)O)c3)cc2)n[nH]1. The summed E-state index contributed by atoms with van der Waals surface area (Å²) >= 11 is 0. The maximum absolute atomic E-state index is 11.1. The van der Waals surface area contributed by atoms with Crippen LogP contribution in [0.2, 0.25) is 0 Å². The van der Waals surface area contributed by atoms with Gasteiger partial charge in [-0.3, -0.25) is 5.10 Å². The molecule has 0 atom stereocenters. The fraction of sp³-hybridized carbons (Fsp3) is 0.167. The van der Waals surface area contributed by atoms with Crippen molar-refractivity contribution in [2.75, 3.05) is 0 Å². The van der Waals surface area contributed by atoms with Crippen LogP contribution < -0.4 is 0 Å². The van der Waals surface area contributed by atoms with Crippen LogP contribution >= 0.6 is 0 Å². The Balaban J connectivity index is 1.89. The highest BCUT2D eigenvalue weighted by molar-refractivity contribution is 5.89. The average molecular weight is 307 g/mol. The van der Waals surface area contributed by atoms with Crippen molar-refractivity contribution < 1.29 is 9.90 Å². The Morgan fingerprint density at radius 2 is 1.74 bits per heavy atom. The van der Waals surface area contributed by atoms with E-state index in [1.807, 2.05) is 30.3 Å². The summed E-state index contributed by atoms with van der Waals surface area (Å²) < 4.78 is 0. The molecular formula is C18H17N3O2. The van der Waals surface area contributed by atoms with Gasteiger partial charge in [0.2, 0.25) is 0 Å². The third-order valence-electron chi connectivity index (χ3n) is 3.64. The number of nitrogens with one attached hydrogen (secondary N) is 1. The molecule has 0 amide bonds. The lowest BCUT2D eigenvalue weighted by atomic mass is 10.0. The molecule has 5 heteroatoms. The van der Waals surface area contributed by atoms with Crippen LogP contribution in [-0.4, -0.2) is 26.3 Å². The summed E-state index contributed by atoms with van der Waals surface area (Å²) in [7, 11) is 0. The van der Waals surface area contributed by atoms with Crippen molar-refractivity contribution >= 4 is 5.97 Å². The first-order chi connectivity index (χ1) is 11.0. The molecule has 1 heterocycles. The summed E-state index contributed by atoms with van der Waals surface area (Å²) in [4.78, 5) is 15.5. The number of aromatic nitrogens is 3. The molecular weight excluding hydrogens is 290 g/mol. The molecule has 116 valence electrons. The number of carboxylic acids is 1. The van der Waals surface area contributed by atoms with E-state index in [1.165, 1.54) is 0 Å². The average Bonchev–Trinajstić information content (AvgIpc) is 3.05. The highest BCUT2D eigenvalue weighted by Gasteiger charge is 2.09. The van der Waals surface area contributed by atoms with Gasteiger partial charge < -0.3 is 5.11 Å². The normalized spacial score (nSPS) is 10.9. The van der Waals surface area contributed by atoms with E-state index >= 15 is 0 Å². The van der Waals surface area contributed by atoms with Crippen molar-refractivity contribution in [1.82, 2.24) is 15.2 Å². The number of aromatic carboxylic acids is 1. The Hall–Kier alpha value is -2.95. The quantitative estimate of drug-likeness (QED) is 0.764. The molecule has 0 unspecified atom stereocenters. The van der Waals surface area contributed by atoms with E-state index in [2.05, 4.69) is 29.0 Å². The Bertz CT molecular complexity index is 835. The van der Waals surface area contributed by atoms with Crippen LogP contribution in [0.5, 0.6) is 0 Å². The number of carbonyl (C=O) groups is 1. The van der Waals surface area contributed by atoms with Crippen molar-refractivity contribution in [3.8, 4) is 22.5 Å². The third-order valence-corrected chi connectivity index (χ3v) is 3.64. The van der Waals surface area contributed by atoms with Crippen LogP contribution in [0.3, 0.4) is 0 Å².